The summed E-state index contributed by atoms with van der Waals surface area (Å²) in [7, 11) is 0. The van der Waals surface area contributed by atoms with Gasteiger partial charge in [-0.3, -0.25) is 9.48 Å². The summed E-state index contributed by atoms with van der Waals surface area (Å²) < 4.78 is 8.10. The molecule has 4 nitrogen and oxygen atoms in total. The first-order valence-corrected chi connectivity index (χ1v) is 6.50. The molecule has 2 aromatic rings. The van der Waals surface area contributed by atoms with E-state index < -0.39 is 0 Å². The van der Waals surface area contributed by atoms with E-state index in [4.69, 9.17) is 4.74 Å². The first-order chi connectivity index (χ1) is 8.81. The Bertz CT molecular complexity index is 594. The van der Waals surface area contributed by atoms with E-state index in [0.717, 1.165) is 28.5 Å². The zero-order chi connectivity index (χ0) is 12.5. The minimum absolute atomic E-state index is 0.0569. The molecule has 0 bridgehead atoms. The molecule has 0 aliphatic carbocycles. The predicted molar refractivity (Wildman–Crippen MR) is 70.0 cm³/mol. The van der Waals surface area contributed by atoms with Gasteiger partial charge in [0.2, 0.25) is 0 Å². The number of nitrogens with zero attached hydrogens (tertiary/aromatic N) is 2. The molecular weight excluding hydrogens is 296 g/mol. The number of halogens is 1. The van der Waals surface area contributed by atoms with E-state index in [1.165, 1.54) is 0 Å². The number of hydrogen-bond donors (Lipinski definition) is 0. The second kappa shape index (κ2) is 4.57. The zero-order valence-corrected chi connectivity index (χ0v) is 11.1. The fourth-order valence-corrected chi connectivity index (χ4v) is 2.65. The Morgan fingerprint density at radius 3 is 3.11 bits per heavy atom. The topological polar surface area (TPSA) is 44.1 Å². The van der Waals surface area contributed by atoms with Crippen molar-refractivity contribution >= 4 is 22.2 Å². The van der Waals surface area contributed by atoms with Crippen LogP contribution in [0.5, 0.6) is 5.75 Å². The number of carbonyl (C=O) groups excluding carboxylic acids is 1. The van der Waals surface area contributed by atoms with Gasteiger partial charge >= 0.3 is 0 Å². The maximum Gasteiger partial charge on any atom is 0.169 e. The molecule has 0 spiro atoms. The van der Waals surface area contributed by atoms with Gasteiger partial charge in [-0.2, -0.15) is 5.10 Å². The van der Waals surface area contributed by atoms with Crippen molar-refractivity contribution < 1.29 is 9.53 Å². The number of hydrogen-bond acceptors (Lipinski definition) is 3. The lowest BCUT2D eigenvalue weighted by Crippen LogP contribution is -2.22. The third-order valence-electron chi connectivity index (χ3n) is 3.12. The number of rotatable bonds is 2. The van der Waals surface area contributed by atoms with Crippen molar-refractivity contribution in [1.82, 2.24) is 9.78 Å². The van der Waals surface area contributed by atoms with Gasteiger partial charge in [0.15, 0.2) is 6.29 Å². The molecule has 0 N–H and O–H groups in total. The Balaban J connectivity index is 2.11. The molecule has 1 unspecified atom stereocenters. The van der Waals surface area contributed by atoms with Crippen molar-refractivity contribution in [3.8, 4) is 5.75 Å². The Morgan fingerprint density at radius 1 is 1.44 bits per heavy atom. The molecule has 1 aliphatic heterocycles. The monoisotopic (exact) mass is 306 g/mol. The van der Waals surface area contributed by atoms with Crippen LogP contribution < -0.4 is 4.74 Å². The second-order valence-corrected chi connectivity index (χ2v) is 4.99. The van der Waals surface area contributed by atoms with Crippen molar-refractivity contribution in [2.75, 3.05) is 6.61 Å². The highest BCUT2D eigenvalue weighted by molar-refractivity contribution is 9.10. The summed E-state index contributed by atoms with van der Waals surface area (Å²) >= 11 is 3.34. The van der Waals surface area contributed by atoms with E-state index in [1.807, 2.05) is 24.3 Å². The number of benzene rings is 1. The molecule has 0 fully saturated rings. The molecular formula is C13H11BrN2O2. The highest BCUT2D eigenvalue weighted by Crippen LogP contribution is 2.35. The number of carbonyl (C=O) groups is 1. The Kier molecular flexibility index (Phi) is 2.91. The van der Waals surface area contributed by atoms with Crippen LogP contribution in [0.4, 0.5) is 0 Å². The van der Waals surface area contributed by atoms with E-state index >= 15 is 0 Å². The molecule has 5 heteroatoms. The summed E-state index contributed by atoms with van der Waals surface area (Å²) in [6, 6.07) is 7.94. The summed E-state index contributed by atoms with van der Waals surface area (Å²) in [5.41, 5.74) is 1.64. The van der Waals surface area contributed by atoms with E-state index in [1.54, 1.807) is 10.9 Å². The number of aldehydes is 1. The predicted octanol–water partition coefficient (Wildman–Crippen LogP) is 2.83. The van der Waals surface area contributed by atoms with E-state index in [9.17, 15) is 4.79 Å². The fraction of sp³-hybridized carbons (Fsp3) is 0.231. The average molecular weight is 307 g/mol. The van der Waals surface area contributed by atoms with Crippen LogP contribution in [0.2, 0.25) is 0 Å². The third kappa shape index (κ3) is 1.75. The standard InChI is InChI=1S/C13H11BrN2O2/c14-10-7-15-16(12(10)8-17)11-5-6-18-13-4-2-1-3-9(11)13/h1-4,7-8,11H,5-6H2. The van der Waals surface area contributed by atoms with Gasteiger partial charge in [-0.15, -0.1) is 0 Å². The van der Waals surface area contributed by atoms with Crippen LogP contribution in [0.1, 0.15) is 28.5 Å². The lowest BCUT2D eigenvalue weighted by Gasteiger charge is -2.26. The molecule has 0 radical (unpaired) electrons. The first-order valence-electron chi connectivity index (χ1n) is 5.71. The van der Waals surface area contributed by atoms with Gasteiger partial charge in [0.1, 0.15) is 11.4 Å². The summed E-state index contributed by atoms with van der Waals surface area (Å²) in [5.74, 6) is 0.872. The van der Waals surface area contributed by atoms with Crippen LogP contribution in [0.3, 0.4) is 0 Å². The van der Waals surface area contributed by atoms with Crippen molar-refractivity contribution in [2.24, 2.45) is 0 Å². The van der Waals surface area contributed by atoms with Crippen LogP contribution in [-0.2, 0) is 0 Å². The van der Waals surface area contributed by atoms with Gasteiger partial charge in [0.25, 0.3) is 0 Å². The molecule has 3 rings (SSSR count). The van der Waals surface area contributed by atoms with E-state index in [2.05, 4.69) is 21.0 Å². The van der Waals surface area contributed by atoms with Gasteiger partial charge < -0.3 is 4.74 Å². The van der Waals surface area contributed by atoms with Gasteiger partial charge in [-0.25, -0.2) is 0 Å². The van der Waals surface area contributed by atoms with Crippen LogP contribution in [0, 0.1) is 0 Å². The van der Waals surface area contributed by atoms with Crippen molar-refractivity contribution in [3.05, 3.63) is 46.2 Å². The first kappa shape index (κ1) is 11.5. The highest BCUT2D eigenvalue weighted by Gasteiger charge is 2.25. The molecule has 92 valence electrons. The molecule has 1 atom stereocenters. The van der Waals surface area contributed by atoms with Gasteiger partial charge in [0.05, 0.1) is 23.3 Å². The number of para-hydroxylation sites is 1. The third-order valence-corrected chi connectivity index (χ3v) is 3.73. The van der Waals surface area contributed by atoms with Crippen molar-refractivity contribution in [2.45, 2.75) is 12.5 Å². The minimum atomic E-state index is 0.0569. The highest BCUT2D eigenvalue weighted by atomic mass is 79.9. The largest absolute Gasteiger partial charge is 0.493 e. The minimum Gasteiger partial charge on any atom is -0.493 e. The quantitative estimate of drug-likeness (QED) is 0.801. The summed E-state index contributed by atoms with van der Waals surface area (Å²) in [5, 5.41) is 4.29. The smallest absolute Gasteiger partial charge is 0.169 e. The summed E-state index contributed by atoms with van der Waals surface area (Å²) in [4.78, 5) is 11.1. The van der Waals surface area contributed by atoms with Crippen LogP contribution >= 0.6 is 15.9 Å². The lowest BCUT2D eigenvalue weighted by molar-refractivity contribution is 0.111. The molecule has 0 saturated carbocycles. The molecule has 18 heavy (non-hydrogen) atoms. The van der Waals surface area contributed by atoms with Crippen LogP contribution in [0.15, 0.2) is 34.9 Å². The number of ether oxygens (including phenoxy) is 1. The van der Waals surface area contributed by atoms with Gasteiger partial charge in [0, 0.05) is 12.0 Å². The second-order valence-electron chi connectivity index (χ2n) is 4.13. The van der Waals surface area contributed by atoms with E-state index in [-0.39, 0.29) is 6.04 Å². The SMILES string of the molecule is O=Cc1c(Br)cnn1C1CCOc2ccccc21. The van der Waals surface area contributed by atoms with E-state index in [0.29, 0.717) is 12.3 Å². The van der Waals surface area contributed by atoms with Crippen LogP contribution in [-0.4, -0.2) is 22.7 Å². The molecule has 1 aliphatic rings. The fourth-order valence-electron chi connectivity index (χ4n) is 2.29. The Morgan fingerprint density at radius 2 is 2.28 bits per heavy atom. The molecule has 1 aromatic heterocycles. The maximum absolute atomic E-state index is 11.1. The zero-order valence-electron chi connectivity index (χ0n) is 9.54. The molecule has 2 heterocycles. The molecule has 1 aromatic carbocycles. The van der Waals surface area contributed by atoms with Crippen LogP contribution in [0.25, 0.3) is 0 Å². The van der Waals surface area contributed by atoms with Gasteiger partial charge in [-0.1, -0.05) is 18.2 Å². The lowest BCUT2D eigenvalue weighted by atomic mass is 10.0. The Labute approximate surface area is 113 Å². The van der Waals surface area contributed by atoms with Crippen molar-refractivity contribution in [1.29, 1.82) is 0 Å². The maximum atomic E-state index is 11.1. The van der Waals surface area contributed by atoms with Gasteiger partial charge in [-0.05, 0) is 22.0 Å². The Hall–Kier alpha value is -1.62. The molecule has 0 amide bonds. The number of fused-ring (bicyclic) bond motifs is 1. The summed E-state index contributed by atoms with van der Waals surface area (Å²) in [6.45, 7) is 0.636. The summed E-state index contributed by atoms with van der Waals surface area (Å²) in [6.07, 6.45) is 3.29. The number of aromatic nitrogens is 2. The normalized spacial score (nSPS) is 17.9. The van der Waals surface area contributed by atoms with Crippen molar-refractivity contribution in [3.63, 3.8) is 0 Å². The molecule has 0 saturated heterocycles. The average Bonchev–Trinajstić information content (AvgIpc) is 2.79.